The molecule has 0 radical (unpaired) electrons. The van der Waals surface area contributed by atoms with E-state index in [4.69, 9.17) is 9.47 Å². The summed E-state index contributed by atoms with van der Waals surface area (Å²) in [5.41, 5.74) is 3.17. The quantitative estimate of drug-likeness (QED) is 0.925. The van der Waals surface area contributed by atoms with E-state index in [0.29, 0.717) is 11.5 Å². The third-order valence-electron chi connectivity index (χ3n) is 4.35. The van der Waals surface area contributed by atoms with Crippen LogP contribution in [0, 0.1) is 0 Å². The highest BCUT2D eigenvalue weighted by atomic mass is 16.6. The zero-order valence-corrected chi connectivity index (χ0v) is 14.3. The van der Waals surface area contributed by atoms with E-state index in [1.807, 2.05) is 49.4 Å². The lowest BCUT2D eigenvalue weighted by Crippen LogP contribution is -2.46. The van der Waals surface area contributed by atoms with Crippen LogP contribution >= 0.6 is 0 Å². The molecular weight excluding hydrogens is 302 g/mol. The number of aryl methyl sites for hydroxylation is 2. The lowest BCUT2D eigenvalue weighted by Gasteiger charge is -2.31. The smallest absolute Gasteiger partial charge is 0.269 e. The van der Waals surface area contributed by atoms with Crippen molar-refractivity contribution in [1.29, 1.82) is 0 Å². The second kappa shape index (κ2) is 6.95. The van der Waals surface area contributed by atoms with Gasteiger partial charge in [-0.2, -0.15) is 0 Å². The first-order valence-electron chi connectivity index (χ1n) is 8.48. The molecule has 24 heavy (non-hydrogen) atoms. The number of fused-ring (bicyclic) bond motifs is 1. The minimum atomic E-state index is -0.672. The topological polar surface area (TPSA) is 47.6 Å². The van der Waals surface area contributed by atoms with Gasteiger partial charge in [-0.25, -0.2) is 0 Å². The van der Waals surface area contributed by atoms with Crippen molar-refractivity contribution in [2.75, 3.05) is 5.32 Å². The molecule has 4 nitrogen and oxygen atoms in total. The van der Waals surface area contributed by atoms with Gasteiger partial charge in [0.25, 0.3) is 5.91 Å². The van der Waals surface area contributed by atoms with Crippen molar-refractivity contribution >= 4 is 11.6 Å². The molecule has 2 unspecified atom stereocenters. The van der Waals surface area contributed by atoms with Gasteiger partial charge >= 0.3 is 0 Å². The summed E-state index contributed by atoms with van der Waals surface area (Å²) in [5.74, 6) is 1.11. The molecule has 1 aliphatic heterocycles. The molecular formula is C20H23NO3. The Bertz CT molecular complexity index is 719. The third kappa shape index (κ3) is 3.09. The van der Waals surface area contributed by atoms with Crippen molar-refractivity contribution in [2.24, 2.45) is 0 Å². The molecule has 1 amide bonds. The molecule has 126 valence electrons. The van der Waals surface area contributed by atoms with Crippen molar-refractivity contribution in [2.45, 2.75) is 45.8 Å². The number of benzene rings is 2. The molecule has 0 fully saturated rings. The van der Waals surface area contributed by atoms with Gasteiger partial charge in [-0.3, -0.25) is 4.79 Å². The van der Waals surface area contributed by atoms with Gasteiger partial charge in [0.05, 0.1) is 0 Å². The molecule has 0 aromatic heterocycles. The third-order valence-corrected chi connectivity index (χ3v) is 4.35. The first kappa shape index (κ1) is 16.4. The van der Waals surface area contributed by atoms with Gasteiger partial charge < -0.3 is 14.8 Å². The number of nitrogens with one attached hydrogen (secondary N) is 1. The predicted molar refractivity (Wildman–Crippen MR) is 94.8 cm³/mol. The van der Waals surface area contributed by atoms with Crippen molar-refractivity contribution in [3.63, 3.8) is 0 Å². The molecule has 4 heteroatoms. The summed E-state index contributed by atoms with van der Waals surface area (Å²) in [6.07, 6.45) is 0.710. The number of para-hydroxylation sites is 3. The Morgan fingerprint density at radius 1 is 0.958 bits per heavy atom. The van der Waals surface area contributed by atoms with E-state index in [-0.39, 0.29) is 12.0 Å². The maximum absolute atomic E-state index is 12.8. The minimum absolute atomic E-state index is 0.174. The number of hydrogen-bond acceptors (Lipinski definition) is 3. The lowest BCUT2D eigenvalue weighted by atomic mass is 10.0. The Morgan fingerprint density at radius 3 is 2.12 bits per heavy atom. The molecule has 1 N–H and O–H groups in total. The Balaban J connectivity index is 1.84. The van der Waals surface area contributed by atoms with Crippen LogP contribution in [0.25, 0.3) is 0 Å². The molecule has 0 saturated carbocycles. The van der Waals surface area contributed by atoms with Crippen LogP contribution in [-0.4, -0.2) is 18.1 Å². The van der Waals surface area contributed by atoms with E-state index >= 15 is 0 Å². The molecule has 0 saturated heterocycles. The van der Waals surface area contributed by atoms with Gasteiger partial charge in [-0.1, -0.05) is 44.2 Å². The van der Waals surface area contributed by atoms with Crippen LogP contribution in [0.15, 0.2) is 42.5 Å². The van der Waals surface area contributed by atoms with Crippen LogP contribution in [0.5, 0.6) is 11.5 Å². The molecule has 0 aliphatic carbocycles. The highest BCUT2D eigenvalue weighted by Gasteiger charge is 2.34. The molecule has 2 aromatic rings. The van der Waals surface area contributed by atoms with E-state index in [1.165, 1.54) is 0 Å². The predicted octanol–water partition coefficient (Wildman–Crippen LogP) is 3.98. The summed E-state index contributed by atoms with van der Waals surface area (Å²) in [6.45, 7) is 6.03. The zero-order chi connectivity index (χ0) is 17.1. The van der Waals surface area contributed by atoms with Crippen LogP contribution < -0.4 is 14.8 Å². The number of rotatable bonds is 4. The highest BCUT2D eigenvalue weighted by molar-refractivity contribution is 5.96. The summed E-state index contributed by atoms with van der Waals surface area (Å²) in [5, 5.41) is 3.07. The lowest BCUT2D eigenvalue weighted by molar-refractivity contribution is -0.128. The van der Waals surface area contributed by atoms with Crippen LogP contribution in [0.3, 0.4) is 0 Å². The van der Waals surface area contributed by atoms with Gasteiger partial charge in [0.1, 0.15) is 6.10 Å². The standard InChI is InChI=1S/C20H23NO3/c1-4-14-9-8-10-15(5-2)18(14)21-20(22)19-13(3)23-16-11-6-7-12-17(16)24-19/h6-13,19H,4-5H2,1-3H3,(H,21,22). The maximum atomic E-state index is 12.8. The Labute approximate surface area is 142 Å². The van der Waals surface area contributed by atoms with E-state index in [9.17, 15) is 4.79 Å². The second-order valence-electron chi connectivity index (χ2n) is 5.96. The first-order valence-corrected chi connectivity index (χ1v) is 8.48. The van der Waals surface area contributed by atoms with Crippen molar-refractivity contribution in [3.05, 3.63) is 53.6 Å². The van der Waals surface area contributed by atoms with Gasteiger partial charge in [0.2, 0.25) is 6.10 Å². The SMILES string of the molecule is CCc1cccc(CC)c1NC(=O)C1Oc2ccccc2OC1C. The van der Waals surface area contributed by atoms with Crippen LogP contribution in [0.4, 0.5) is 5.69 Å². The highest BCUT2D eigenvalue weighted by Crippen LogP contribution is 2.34. The molecule has 0 spiro atoms. The van der Waals surface area contributed by atoms with Gasteiger partial charge in [-0.15, -0.1) is 0 Å². The van der Waals surface area contributed by atoms with E-state index in [2.05, 4.69) is 19.2 Å². The Kier molecular flexibility index (Phi) is 4.74. The summed E-state index contributed by atoms with van der Waals surface area (Å²) in [6, 6.07) is 13.6. The van der Waals surface area contributed by atoms with E-state index in [1.54, 1.807) is 0 Å². The molecule has 3 rings (SSSR count). The first-order chi connectivity index (χ1) is 11.6. The number of amides is 1. The number of ether oxygens (including phenoxy) is 2. The summed E-state index contributed by atoms with van der Waals surface area (Å²) >= 11 is 0. The molecule has 1 heterocycles. The summed E-state index contributed by atoms with van der Waals surface area (Å²) < 4.78 is 11.7. The van der Waals surface area contributed by atoms with Crippen molar-refractivity contribution in [1.82, 2.24) is 0 Å². The normalized spacial score (nSPS) is 19.0. The van der Waals surface area contributed by atoms with Crippen LogP contribution in [0.1, 0.15) is 31.9 Å². The second-order valence-corrected chi connectivity index (χ2v) is 5.96. The van der Waals surface area contributed by atoms with Gasteiger partial charge in [-0.05, 0) is 43.0 Å². The van der Waals surface area contributed by atoms with Crippen LogP contribution in [0.2, 0.25) is 0 Å². The molecule has 0 bridgehead atoms. The number of carbonyl (C=O) groups excluding carboxylic acids is 1. The summed E-state index contributed by atoms with van der Waals surface area (Å²) in [4.78, 5) is 12.8. The summed E-state index contributed by atoms with van der Waals surface area (Å²) in [7, 11) is 0. The van der Waals surface area contributed by atoms with E-state index in [0.717, 1.165) is 29.7 Å². The number of hydrogen-bond donors (Lipinski definition) is 1. The zero-order valence-electron chi connectivity index (χ0n) is 14.3. The monoisotopic (exact) mass is 325 g/mol. The molecule has 2 aromatic carbocycles. The Morgan fingerprint density at radius 2 is 1.54 bits per heavy atom. The maximum Gasteiger partial charge on any atom is 0.269 e. The van der Waals surface area contributed by atoms with Crippen molar-refractivity contribution < 1.29 is 14.3 Å². The number of carbonyl (C=O) groups is 1. The fourth-order valence-electron chi connectivity index (χ4n) is 3.00. The minimum Gasteiger partial charge on any atom is -0.482 e. The largest absolute Gasteiger partial charge is 0.482 e. The fourth-order valence-corrected chi connectivity index (χ4v) is 3.00. The number of anilines is 1. The van der Waals surface area contributed by atoms with Crippen LogP contribution in [-0.2, 0) is 17.6 Å². The molecule has 2 atom stereocenters. The molecule has 1 aliphatic rings. The van der Waals surface area contributed by atoms with E-state index < -0.39 is 6.10 Å². The fraction of sp³-hybridized carbons (Fsp3) is 0.350. The van der Waals surface area contributed by atoms with Gasteiger partial charge in [0.15, 0.2) is 11.5 Å². The Hall–Kier alpha value is -2.49. The average molecular weight is 325 g/mol. The van der Waals surface area contributed by atoms with Gasteiger partial charge in [0, 0.05) is 5.69 Å². The average Bonchev–Trinajstić information content (AvgIpc) is 2.61. The van der Waals surface area contributed by atoms with Crippen molar-refractivity contribution in [3.8, 4) is 11.5 Å².